The van der Waals surface area contributed by atoms with Crippen molar-refractivity contribution in [2.24, 2.45) is 5.92 Å². The molecule has 1 N–H and O–H groups in total. The Morgan fingerprint density at radius 2 is 1.48 bits per heavy atom. The maximum atomic E-state index is 9.09. The molecule has 3 nitrogen and oxygen atoms in total. The van der Waals surface area contributed by atoms with Crippen molar-refractivity contribution in [1.82, 2.24) is 5.06 Å². The molecule has 1 fully saturated rings. The normalized spacial score (nSPS) is 21.7. The third kappa shape index (κ3) is 7.11. The molecule has 0 aromatic heterocycles. The summed E-state index contributed by atoms with van der Waals surface area (Å²) in [7, 11) is 0. The Labute approximate surface area is 144 Å². The van der Waals surface area contributed by atoms with Gasteiger partial charge in [0.05, 0.1) is 6.61 Å². The van der Waals surface area contributed by atoms with Crippen LogP contribution < -0.4 is 0 Å². The Bertz CT molecular complexity index is 297. The average molecular weight is 328 g/mol. The molecule has 0 bridgehead atoms. The molecular formula is C20H41NO2. The van der Waals surface area contributed by atoms with E-state index in [4.69, 9.17) is 9.94 Å². The number of rotatable bonds is 11. The number of nitrogens with zero attached hydrogens (tertiary/aromatic N) is 1. The molecule has 138 valence electrons. The fourth-order valence-corrected chi connectivity index (χ4v) is 4.44. The first-order valence-electron chi connectivity index (χ1n) is 9.87. The molecule has 0 atom stereocenters. The molecule has 0 radical (unpaired) electrons. The van der Waals surface area contributed by atoms with Gasteiger partial charge in [-0.1, -0.05) is 39.0 Å². The number of hydrogen-bond acceptors (Lipinski definition) is 3. The lowest BCUT2D eigenvalue weighted by Gasteiger charge is -2.54. The molecular weight excluding hydrogens is 286 g/mol. The third-order valence-corrected chi connectivity index (χ3v) is 5.16. The maximum absolute atomic E-state index is 9.09. The highest BCUT2D eigenvalue weighted by Gasteiger charge is 2.46. The van der Waals surface area contributed by atoms with Crippen LogP contribution in [0.4, 0.5) is 0 Å². The van der Waals surface area contributed by atoms with Gasteiger partial charge in [0, 0.05) is 17.7 Å². The monoisotopic (exact) mass is 327 g/mol. The van der Waals surface area contributed by atoms with Crippen LogP contribution in [-0.4, -0.2) is 34.5 Å². The molecule has 0 aromatic rings. The lowest BCUT2D eigenvalue weighted by Crippen LogP contribution is -2.60. The summed E-state index contributed by atoms with van der Waals surface area (Å²) in [4.78, 5) is 6.26. The van der Waals surface area contributed by atoms with Gasteiger partial charge in [-0.15, -0.1) is 0 Å². The van der Waals surface area contributed by atoms with Crippen molar-refractivity contribution in [2.45, 2.75) is 110 Å². The average Bonchev–Trinajstić information content (AvgIpc) is 2.45. The van der Waals surface area contributed by atoms with Crippen LogP contribution in [0.25, 0.3) is 0 Å². The van der Waals surface area contributed by atoms with Gasteiger partial charge in [0.1, 0.15) is 0 Å². The minimum Gasteiger partial charge on any atom is -0.396 e. The molecule has 0 unspecified atom stereocenters. The van der Waals surface area contributed by atoms with E-state index in [0.29, 0.717) is 12.5 Å². The van der Waals surface area contributed by atoms with E-state index < -0.39 is 0 Å². The van der Waals surface area contributed by atoms with Crippen molar-refractivity contribution < 1.29 is 9.94 Å². The predicted octanol–water partition coefficient (Wildman–Crippen LogP) is 5.32. The first-order chi connectivity index (χ1) is 10.8. The summed E-state index contributed by atoms with van der Waals surface area (Å²) in [5, 5.41) is 11.4. The summed E-state index contributed by atoms with van der Waals surface area (Å²) in [6, 6.07) is 0. The second-order valence-electron chi connectivity index (χ2n) is 8.66. The van der Waals surface area contributed by atoms with Crippen molar-refractivity contribution in [3.05, 3.63) is 0 Å². The van der Waals surface area contributed by atoms with Crippen LogP contribution in [0.5, 0.6) is 0 Å². The van der Waals surface area contributed by atoms with Gasteiger partial charge in [0.2, 0.25) is 0 Å². The zero-order valence-electron chi connectivity index (χ0n) is 16.4. The van der Waals surface area contributed by atoms with Gasteiger partial charge >= 0.3 is 0 Å². The number of piperidine rings is 1. The second kappa shape index (κ2) is 10.0. The van der Waals surface area contributed by atoms with Gasteiger partial charge in [-0.2, -0.15) is 5.06 Å². The maximum Gasteiger partial charge on any atom is 0.0685 e. The predicted molar refractivity (Wildman–Crippen MR) is 98.4 cm³/mol. The summed E-state index contributed by atoms with van der Waals surface area (Å²) in [6.07, 6.45) is 12.2. The van der Waals surface area contributed by atoms with E-state index in [0.717, 1.165) is 32.3 Å². The van der Waals surface area contributed by atoms with Crippen molar-refractivity contribution in [1.29, 1.82) is 0 Å². The Morgan fingerprint density at radius 1 is 0.913 bits per heavy atom. The number of hydroxylamine groups is 2. The first kappa shape index (κ1) is 20.9. The van der Waals surface area contributed by atoms with Crippen molar-refractivity contribution in [2.75, 3.05) is 13.2 Å². The van der Waals surface area contributed by atoms with Gasteiger partial charge < -0.3 is 5.11 Å². The van der Waals surface area contributed by atoms with Crippen LogP contribution in [0.15, 0.2) is 0 Å². The standard InChI is InChI=1S/C20H41NO2/c1-6-7-8-9-10-11-15-23-21-19(2,3)16-18(13-12-14-22)17-20(21,4)5/h18,22H,6-17H2,1-5H3. The summed E-state index contributed by atoms with van der Waals surface area (Å²) in [5.74, 6) is 0.695. The number of hydrogen-bond donors (Lipinski definition) is 1. The Balaban J connectivity index is 2.41. The number of aliphatic hydroxyl groups is 1. The minimum absolute atomic E-state index is 0.0735. The van der Waals surface area contributed by atoms with E-state index >= 15 is 0 Å². The van der Waals surface area contributed by atoms with E-state index in [1.807, 2.05) is 0 Å². The Kier molecular flexibility index (Phi) is 9.10. The highest BCUT2D eigenvalue weighted by molar-refractivity contribution is 4.96. The highest BCUT2D eigenvalue weighted by atomic mass is 16.7. The van der Waals surface area contributed by atoms with Crippen LogP contribution in [0.1, 0.15) is 98.8 Å². The molecule has 1 aliphatic heterocycles. The quantitative estimate of drug-likeness (QED) is 0.521. The number of unbranched alkanes of at least 4 members (excludes halogenated alkanes) is 5. The van der Waals surface area contributed by atoms with Crippen molar-refractivity contribution >= 4 is 0 Å². The molecule has 0 aliphatic carbocycles. The summed E-state index contributed by atoms with van der Waals surface area (Å²) in [5.41, 5.74) is 0.147. The van der Waals surface area contributed by atoms with Gasteiger partial charge in [-0.25, -0.2) is 0 Å². The molecule has 1 saturated heterocycles. The van der Waals surface area contributed by atoms with Crippen LogP contribution >= 0.6 is 0 Å². The molecule has 0 saturated carbocycles. The van der Waals surface area contributed by atoms with Crippen LogP contribution in [0.2, 0.25) is 0 Å². The second-order valence-corrected chi connectivity index (χ2v) is 8.66. The fraction of sp³-hybridized carbons (Fsp3) is 1.00. The van der Waals surface area contributed by atoms with E-state index in [1.165, 1.54) is 38.5 Å². The summed E-state index contributed by atoms with van der Waals surface area (Å²) < 4.78 is 0. The molecule has 0 amide bonds. The van der Waals surface area contributed by atoms with Crippen LogP contribution in [0, 0.1) is 5.92 Å². The molecule has 1 rings (SSSR count). The Morgan fingerprint density at radius 3 is 2.04 bits per heavy atom. The molecule has 23 heavy (non-hydrogen) atoms. The molecule has 1 aliphatic rings. The van der Waals surface area contributed by atoms with Crippen LogP contribution in [-0.2, 0) is 4.84 Å². The van der Waals surface area contributed by atoms with Gasteiger partial charge in [0.25, 0.3) is 0 Å². The van der Waals surface area contributed by atoms with Crippen molar-refractivity contribution in [3.8, 4) is 0 Å². The molecule has 0 spiro atoms. The van der Waals surface area contributed by atoms with Crippen LogP contribution in [0.3, 0.4) is 0 Å². The molecule has 0 aromatic carbocycles. The van der Waals surface area contributed by atoms with E-state index in [1.54, 1.807) is 0 Å². The zero-order valence-corrected chi connectivity index (χ0v) is 16.4. The van der Waals surface area contributed by atoms with Crippen molar-refractivity contribution in [3.63, 3.8) is 0 Å². The van der Waals surface area contributed by atoms with Gasteiger partial charge in [-0.05, 0) is 65.7 Å². The van der Waals surface area contributed by atoms with Gasteiger partial charge in [-0.3, -0.25) is 4.84 Å². The van der Waals surface area contributed by atoms with Gasteiger partial charge in [0.15, 0.2) is 0 Å². The topological polar surface area (TPSA) is 32.7 Å². The number of aliphatic hydroxyl groups excluding tert-OH is 1. The van der Waals surface area contributed by atoms with E-state index in [9.17, 15) is 0 Å². The minimum atomic E-state index is 0.0735. The summed E-state index contributed by atoms with van der Waals surface area (Å²) >= 11 is 0. The Hall–Kier alpha value is -0.120. The molecule has 3 heteroatoms. The highest BCUT2D eigenvalue weighted by Crippen LogP contribution is 2.43. The smallest absolute Gasteiger partial charge is 0.0685 e. The SMILES string of the molecule is CCCCCCCCON1C(C)(C)CC(CCCO)CC1(C)C. The lowest BCUT2D eigenvalue weighted by atomic mass is 9.74. The summed E-state index contributed by atoms with van der Waals surface area (Å²) in [6.45, 7) is 12.7. The fourth-order valence-electron chi connectivity index (χ4n) is 4.44. The third-order valence-electron chi connectivity index (χ3n) is 5.16. The first-order valence-corrected chi connectivity index (χ1v) is 9.87. The zero-order chi connectivity index (χ0) is 17.3. The largest absolute Gasteiger partial charge is 0.396 e. The van der Waals surface area contributed by atoms with E-state index in [-0.39, 0.29) is 11.1 Å². The molecule has 1 heterocycles. The van der Waals surface area contributed by atoms with E-state index in [2.05, 4.69) is 39.7 Å². The lowest BCUT2D eigenvalue weighted by molar-refractivity contribution is -0.288.